The minimum atomic E-state index is 0.316. The van der Waals surface area contributed by atoms with Crippen LogP contribution in [0.25, 0.3) is 0 Å². The molecular weight excluding hydrogens is 456 g/mol. The first-order valence-corrected chi connectivity index (χ1v) is 15.6. The smallest absolute Gasteiger partial charge is 0.226 e. The molecule has 1 aromatic rings. The van der Waals surface area contributed by atoms with Crippen molar-refractivity contribution in [1.82, 2.24) is 10.2 Å². The van der Waals surface area contributed by atoms with Gasteiger partial charge in [0.2, 0.25) is 11.8 Å². The fourth-order valence-corrected chi connectivity index (χ4v) is 10.4. The largest absolute Gasteiger partial charge is 0.356 e. The van der Waals surface area contributed by atoms with E-state index >= 15 is 0 Å². The molecule has 2 heterocycles. The molecule has 4 nitrogen and oxygen atoms in total. The summed E-state index contributed by atoms with van der Waals surface area (Å²) in [5.74, 6) is 3.44. The van der Waals surface area contributed by atoms with Gasteiger partial charge in [0, 0.05) is 31.5 Å². The molecule has 198 valence electrons. The van der Waals surface area contributed by atoms with Gasteiger partial charge in [0.15, 0.2) is 0 Å². The number of hydrogen-bond donors (Lipinski definition) is 1. The topological polar surface area (TPSA) is 49.4 Å². The van der Waals surface area contributed by atoms with Gasteiger partial charge in [0.05, 0.1) is 0 Å². The molecule has 2 aliphatic heterocycles. The Hall–Kier alpha value is -1.84. The van der Waals surface area contributed by atoms with Crippen LogP contribution in [0.3, 0.4) is 0 Å². The second-order valence-corrected chi connectivity index (χ2v) is 14.4. The van der Waals surface area contributed by atoms with Crippen LogP contribution >= 0.6 is 0 Å². The molecule has 4 spiro atoms. The lowest BCUT2D eigenvalue weighted by Gasteiger charge is -2.17. The highest BCUT2D eigenvalue weighted by atomic mass is 16.2. The molecule has 2 unspecified atom stereocenters. The summed E-state index contributed by atoms with van der Waals surface area (Å²) in [7, 11) is 0. The zero-order chi connectivity index (χ0) is 24.9. The third-order valence-electron chi connectivity index (χ3n) is 13.0. The van der Waals surface area contributed by atoms with Crippen molar-refractivity contribution in [2.24, 2.45) is 45.3 Å². The van der Waals surface area contributed by atoms with E-state index in [2.05, 4.69) is 34.5 Å². The van der Waals surface area contributed by atoms with Gasteiger partial charge in [-0.1, -0.05) is 30.3 Å². The van der Waals surface area contributed by atoms with Gasteiger partial charge in [-0.3, -0.25) is 9.59 Å². The molecule has 2 amide bonds. The Morgan fingerprint density at radius 1 is 0.703 bits per heavy atom. The van der Waals surface area contributed by atoms with Gasteiger partial charge in [-0.2, -0.15) is 0 Å². The fourth-order valence-electron chi connectivity index (χ4n) is 10.4. The van der Waals surface area contributed by atoms with Crippen LogP contribution in [0.5, 0.6) is 0 Å². The lowest BCUT2D eigenvalue weighted by molar-refractivity contribution is -0.131. The third kappa shape index (κ3) is 3.45. The standard InChI is InChI=1S/C20H25NO.C13H19NO/c22-18-16(6-7-17-19(9-10-19)20(17)11-12-20)8-13-21(18)14-15-4-2-1-3-5-15;15-11-9(3-8-14-11)1-2-10-12(4-5-12)13(10)6-7-13/h1-5,16-17H,6-14H2;9-10H,1-8H2,(H,14,15). The van der Waals surface area contributed by atoms with Gasteiger partial charge < -0.3 is 10.2 Å². The number of benzene rings is 1. The summed E-state index contributed by atoms with van der Waals surface area (Å²) in [4.78, 5) is 26.1. The number of amides is 2. The molecule has 37 heavy (non-hydrogen) atoms. The van der Waals surface area contributed by atoms with E-state index in [1.807, 2.05) is 6.07 Å². The molecule has 9 rings (SSSR count). The summed E-state index contributed by atoms with van der Waals surface area (Å²) in [6.45, 7) is 2.68. The monoisotopic (exact) mass is 500 g/mol. The van der Waals surface area contributed by atoms with Crippen LogP contribution in [0.15, 0.2) is 30.3 Å². The van der Waals surface area contributed by atoms with Crippen molar-refractivity contribution in [1.29, 1.82) is 0 Å². The van der Waals surface area contributed by atoms with Crippen LogP contribution in [0.4, 0.5) is 0 Å². The van der Waals surface area contributed by atoms with Crippen molar-refractivity contribution < 1.29 is 9.59 Å². The minimum Gasteiger partial charge on any atom is -0.356 e. The number of carbonyl (C=O) groups excluding carboxylic acids is 2. The molecule has 4 heteroatoms. The maximum Gasteiger partial charge on any atom is 0.226 e. The van der Waals surface area contributed by atoms with Gasteiger partial charge in [-0.05, 0) is 129 Å². The first-order chi connectivity index (χ1) is 18.0. The lowest BCUT2D eigenvalue weighted by Crippen LogP contribution is -2.26. The van der Waals surface area contributed by atoms with E-state index in [1.165, 1.54) is 76.2 Å². The zero-order valence-corrected chi connectivity index (χ0v) is 22.5. The maximum atomic E-state index is 12.6. The molecule has 0 aromatic heterocycles. The Morgan fingerprint density at radius 2 is 1.24 bits per heavy atom. The molecule has 0 bridgehead atoms. The summed E-state index contributed by atoms with van der Waals surface area (Å²) in [6, 6.07) is 10.4. The molecule has 6 saturated carbocycles. The predicted molar refractivity (Wildman–Crippen MR) is 143 cm³/mol. The first kappa shape index (κ1) is 23.1. The minimum absolute atomic E-state index is 0.316. The second-order valence-electron chi connectivity index (χ2n) is 14.4. The van der Waals surface area contributed by atoms with Gasteiger partial charge in [-0.25, -0.2) is 0 Å². The summed E-state index contributed by atoms with van der Waals surface area (Å²) < 4.78 is 0. The number of hydrogen-bond acceptors (Lipinski definition) is 2. The molecule has 2 saturated heterocycles. The third-order valence-corrected chi connectivity index (χ3v) is 13.0. The van der Waals surface area contributed by atoms with Crippen LogP contribution in [-0.2, 0) is 16.1 Å². The van der Waals surface area contributed by atoms with Crippen molar-refractivity contribution in [3.05, 3.63) is 35.9 Å². The van der Waals surface area contributed by atoms with Crippen LogP contribution in [-0.4, -0.2) is 29.8 Å². The van der Waals surface area contributed by atoms with E-state index in [1.54, 1.807) is 0 Å². The van der Waals surface area contributed by atoms with Gasteiger partial charge in [0.1, 0.15) is 0 Å². The Bertz CT molecular complexity index is 1060. The van der Waals surface area contributed by atoms with E-state index in [-0.39, 0.29) is 0 Å². The average molecular weight is 501 g/mol. The summed E-state index contributed by atoms with van der Waals surface area (Å²) in [5, 5.41) is 2.95. The highest BCUT2D eigenvalue weighted by Gasteiger charge is 2.86. The van der Waals surface area contributed by atoms with Crippen molar-refractivity contribution in [3.63, 3.8) is 0 Å². The Morgan fingerprint density at radius 3 is 1.73 bits per heavy atom. The van der Waals surface area contributed by atoms with E-state index in [9.17, 15) is 9.59 Å². The quantitative estimate of drug-likeness (QED) is 0.469. The van der Waals surface area contributed by atoms with E-state index in [4.69, 9.17) is 0 Å². The Labute approximate surface area is 222 Å². The fraction of sp³-hybridized carbons (Fsp3) is 0.758. The van der Waals surface area contributed by atoms with Crippen LogP contribution < -0.4 is 5.32 Å². The van der Waals surface area contributed by atoms with E-state index in [0.717, 1.165) is 72.4 Å². The van der Waals surface area contributed by atoms with Crippen LogP contribution in [0.1, 0.15) is 95.5 Å². The van der Waals surface area contributed by atoms with Gasteiger partial charge in [0.25, 0.3) is 0 Å². The van der Waals surface area contributed by atoms with Crippen molar-refractivity contribution in [2.75, 3.05) is 13.1 Å². The summed E-state index contributed by atoms with van der Waals surface area (Å²) in [6.07, 6.45) is 19.2. The molecule has 8 aliphatic rings. The Kier molecular flexibility index (Phi) is 4.90. The number of rotatable bonds is 8. The number of nitrogens with one attached hydrogen (secondary N) is 1. The maximum absolute atomic E-state index is 12.6. The number of likely N-dealkylation sites (tertiary alicyclic amines) is 1. The summed E-state index contributed by atoms with van der Waals surface area (Å²) >= 11 is 0. The van der Waals surface area contributed by atoms with Crippen LogP contribution in [0.2, 0.25) is 0 Å². The zero-order valence-electron chi connectivity index (χ0n) is 22.5. The lowest BCUT2D eigenvalue weighted by atomic mass is 9.98. The highest BCUT2D eigenvalue weighted by molar-refractivity contribution is 5.81. The number of fused-ring (bicyclic) bond motifs is 2. The first-order valence-electron chi connectivity index (χ1n) is 15.6. The molecule has 2 atom stereocenters. The van der Waals surface area contributed by atoms with Crippen molar-refractivity contribution in [3.8, 4) is 0 Å². The molecule has 0 radical (unpaired) electrons. The summed E-state index contributed by atoms with van der Waals surface area (Å²) in [5.41, 5.74) is 4.54. The van der Waals surface area contributed by atoms with Gasteiger partial charge >= 0.3 is 0 Å². The number of carbonyl (C=O) groups is 2. The molecule has 8 fully saturated rings. The SMILES string of the molecule is O=C1C(CCC2C3(CC3)C23CC3)CCN1Cc1ccccc1.O=C1NCCC1CCC1C2(CC2)C12CC2. The van der Waals surface area contributed by atoms with Crippen molar-refractivity contribution in [2.45, 2.75) is 96.4 Å². The van der Waals surface area contributed by atoms with Gasteiger partial charge in [-0.15, -0.1) is 0 Å². The molecular formula is C33H44N2O2. The van der Waals surface area contributed by atoms with E-state index in [0.29, 0.717) is 23.7 Å². The Balaban J connectivity index is 0.000000125. The average Bonchev–Trinajstić information content (AvgIpc) is 3.71. The van der Waals surface area contributed by atoms with Crippen molar-refractivity contribution >= 4 is 11.8 Å². The molecule has 6 aliphatic carbocycles. The normalized spacial score (nSPS) is 33.6. The van der Waals surface area contributed by atoms with E-state index < -0.39 is 0 Å². The predicted octanol–water partition coefficient (Wildman–Crippen LogP) is 6.10. The van der Waals surface area contributed by atoms with Crippen LogP contribution in [0, 0.1) is 45.3 Å². The molecule has 1 aromatic carbocycles. The number of nitrogens with zero attached hydrogens (tertiary/aromatic N) is 1. The molecule has 1 N–H and O–H groups in total. The highest BCUT2D eigenvalue weighted by Crippen LogP contribution is 2.94. The second kappa shape index (κ2) is 7.85.